The lowest BCUT2D eigenvalue weighted by atomic mass is 10.1. The van der Waals surface area contributed by atoms with E-state index in [4.69, 9.17) is 10.2 Å². The topological polar surface area (TPSA) is 82.8 Å². The molecule has 2 N–H and O–H groups in total. The van der Waals surface area contributed by atoms with Gasteiger partial charge in [0.25, 0.3) is 0 Å². The molecule has 0 saturated heterocycles. The monoisotopic (exact) mass is 193 g/mol. The standard InChI is InChI=1S/C8H11N5O/c1-5-3-6(4-14-5)7(9)8-10-12-13(2)11-8/h3-4,7H,9H2,1-2H3. The third-order valence-electron chi connectivity index (χ3n) is 1.91. The predicted octanol–water partition coefficient (Wildman–Crippen LogP) is 0.160. The molecule has 2 aromatic rings. The Labute approximate surface area is 80.7 Å². The van der Waals surface area contributed by atoms with Crippen molar-refractivity contribution in [3.05, 3.63) is 29.5 Å². The molecule has 1 unspecified atom stereocenters. The molecule has 2 aromatic heterocycles. The van der Waals surface area contributed by atoms with Crippen molar-refractivity contribution < 1.29 is 4.42 Å². The number of hydrogen-bond donors (Lipinski definition) is 1. The van der Waals surface area contributed by atoms with Crippen LogP contribution in [0.1, 0.15) is 23.2 Å². The van der Waals surface area contributed by atoms with Gasteiger partial charge in [-0.15, -0.1) is 10.2 Å². The normalized spacial score (nSPS) is 13.1. The van der Waals surface area contributed by atoms with Crippen LogP contribution in [0.3, 0.4) is 0 Å². The smallest absolute Gasteiger partial charge is 0.196 e. The molecule has 6 heteroatoms. The zero-order valence-electron chi connectivity index (χ0n) is 8.01. The molecule has 1 atom stereocenters. The average Bonchev–Trinajstić information content (AvgIpc) is 2.73. The van der Waals surface area contributed by atoms with E-state index in [1.807, 2.05) is 13.0 Å². The van der Waals surface area contributed by atoms with Gasteiger partial charge in [-0.05, 0) is 18.2 Å². The van der Waals surface area contributed by atoms with E-state index < -0.39 is 0 Å². The van der Waals surface area contributed by atoms with Gasteiger partial charge in [-0.25, -0.2) is 0 Å². The van der Waals surface area contributed by atoms with Crippen LogP contribution < -0.4 is 5.73 Å². The molecule has 74 valence electrons. The Kier molecular flexibility index (Phi) is 2.05. The largest absolute Gasteiger partial charge is 0.469 e. The van der Waals surface area contributed by atoms with Crippen molar-refractivity contribution in [3.8, 4) is 0 Å². The van der Waals surface area contributed by atoms with Gasteiger partial charge in [0.05, 0.1) is 19.4 Å². The van der Waals surface area contributed by atoms with Crippen molar-refractivity contribution in [2.24, 2.45) is 12.8 Å². The van der Waals surface area contributed by atoms with Gasteiger partial charge in [-0.3, -0.25) is 0 Å². The molecular weight excluding hydrogens is 182 g/mol. The Morgan fingerprint density at radius 3 is 2.86 bits per heavy atom. The molecule has 0 amide bonds. The summed E-state index contributed by atoms with van der Waals surface area (Å²) in [4.78, 5) is 1.38. The molecule has 6 nitrogen and oxygen atoms in total. The van der Waals surface area contributed by atoms with Crippen LogP contribution >= 0.6 is 0 Å². The lowest BCUT2D eigenvalue weighted by Gasteiger charge is -2.01. The molecule has 2 heterocycles. The van der Waals surface area contributed by atoms with Gasteiger partial charge in [-0.1, -0.05) is 0 Å². The lowest BCUT2D eigenvalue weighted by molar-refractivity contribution is 0.529. The molecule has 0 aromatic carbocycles. The first-order valence-corrected chi connectivity index (χ1v) is 4.21. The summed E-state index contributed by atoms with van der Waals surface area (Å²) >= 11 is 0. The van der Waals surface area contributed by atoms with Gasteiger partial charge >= 0.3 is 0 Å². The minimum absolute atomic E-state index is 0.374. The molecule has 14 heavy (non-hydrogen) atoms. The first-order valence-electron chi connectivity index (χ1n) is 4.21. The van der Waals surface area contributed by atoms with E-state index in [0.717, 1.165) is 11.3 Å². The fourth-order valence-corrected chi connectivity index (χ4v) is 1.20. The fourth-order valence-electron chi connectivity index (χ4n) is 1.20. The Morgan fingerprint density at radius 1 is 1.57 bits per heavy atom. The summed E-state index contributed by atoms with van der Waals surface area (Å²) in [6.45, 7) is 1.86. The third kappa shape index (κ3) is 1.51. The van der Waals surface area contributed by atoms with Crippen LogP contribution in [-0.4, -0.2) is 20.2 Å². The minimum Gasteiger partial charge on any atom is -0.469 e. The Bertz CT molecular complexity index is 392. The predicted molar refractivity (Wildman–Crippen MR) is 48.3 cm³/mol. The summed E-state index contributed by atoms with van der Waals surface area (Å²) in [5.41, 5.74) is 6.76. The van der Waals surface area contributed by atoms with Gasteiger partial charge in [0, 0.05) is 5.56 Å². The molecule has 0 bridgehead atoms. The minimum atomic E-state index is -0.374. The fraction of sp³-hybridized carbons (Fsp3) is 0.375. The van der Waals surface area contributed by atoms with E-state index >= 15 is 0 Å². The maximum absolute atomic E-state index is 5.90. The second kappa shape index (κ2) is 3.22. The second-order valence-corrected chi connectivity index (χ2v) is 3.11. The van der Waals surface area contributed by atoms with Gasteiger partial charge in [-0.2, -0.15) is 4.80 Å². The molecule has 0 aliphatic rings. The Hall–Kier alpha value is -1.69. The molecule has 0 radical (unpaired) electrons. The van der Waals surface area contributed by atoms with Crippen LogP contribution in [0, 0.1) is 6.92 Å². The van der Waals surface area contributed by atoms with Crippen LogP contribution in [0.4, 0.5) is 0 Å². The summed E-state index contributed by atoms with van der Waals surface area (Å²) in [6.07, 6.45) is 1.61. The van der Waals surface area contributed by atoms with E-state index in [-0.39, 0.29) is 6.04 Å². The highest BCUT2D eigenvalue weighted by Gasteiger charge is 2.15. The molecular formula is C8H11N5O. The van der Waals surface area contributed by atoms with E-state index in [0.29, 0.717) is 5.82 Å². The van der Waals surface area contributed by atoms with Crippen molar-refractivity contribution in [3.63, 3.8) is 0 Å². The van der Waals surface area contributed by atoms with E-state index in [1.54, 1.807) is 13.3 Å². The maximum atomic E-state index is 5.90. The highest BCUT2D eigenvalue weighted by atomic mass is 16.3. The van der Waals surface area contributed by atoms with Crippen molar-refractivity contribution in [1.29, 1.82) is 0 Å². The van der Waals surface area contributed by atoms with Crippen molar-refractivity contribution >= 4 is 0 Å². The average molecular weight is 193 g/mol. The quantitative estimate of drug-likeness (QED) is 0.734. The first-order chi connectivity index (χ1) is 6.66. The van der Waals surface area contributed by atoms with Crippen LogP contribution in [0.5, 0.6) is 0 Å². The number of furan rings is 1. The van der Waals surface area contributed by atoms with Crippen molar-refractivity contribution in [1.82, 2.24) is 20.2 Å². The van der Waals surface area contributed by atoms with E-state index in [2.05, 4.69) is 15.4 Å². The second-order valence-electron chi connectivity index (χ2n) is 3.11. The lowest BCUT2D eigenvalue weighted by Crippen LogP contribution is -2.13. The summed E-state index contributed by atoms with van der Waals surface area (Å²) in [7, 11) is 1.70. The molecule has 0 fully saturated rings. The third-order valence-corrected chi connectivity index (χ3v) is 1.91. The zero-order valence-corrected chi connectivity index (χ0v) is 8.01. The Morgan fingerprint density at radius 2 is 2.36 bits per heavy atom. The van der Waals surface area contributed by atoms with Crippen LogP contribution in [0.2, 0.25) is 0 Å². The van der Waals surface area contributed by atoms with Gasteiger partial charge < -0.3 is 10.2 Å². The van der Waals surface area contributed by atoms with Crippen molar-refractivity contribution in [2.75, 3.05) is 0 Å². The number of nitrogens with zero attached hydrogens (tertiary/aromatic N) is 4. The summed E-state index contributed by atoms with van der Waals surface area (Å²) in [5, 5.41) is 11.6. The first kappa shape index (κ1) is 8.89. The summed E-state index contributed by atoms with van der Waals surface area (Å²) < 4.78 is 5.15. The zero-order chi connectivity index (χ0) is 10.1. The number of aryl methyl sites for hydroxylation is 2. The molecule has 0 aliphatic carbocycles. The Balaban J connectivity index is 2.28. The van der Waals surface area contributed by atoms with E-state index in [1.165, 1.54) is 4.80 Å². The number of hydrogen-bond acceptors (Lipinski definition) is 5. The SMILES string of the molecule is Cc1cc(C(N)c2nnn(C)n2)co1. The molecule has 0 spiro atoms. The number of rotatable bonds is 2. The highest BCUT2D eigenvalue weighted by Crippen LogP contribution is 2.17. The molecule has 2 rings (SSSR count). The molecule has 0 aliphatic heterocycles. The molecule has 0 saturated carbocycles. The number of aromatic nitrogens is 4. The maximum Gasteiger partial charge on any atom is 0.196 e. The van der Waals surface area contributed by atoms with E-state index in [9.17, 15) is 0 Å². The van der Waals surface area contributed by atoms with Gasteiger partial charge in [0.15, 0.2) is 5.82 Å². The summed E-state index contributed by atoms with van der Waals surface area (Å²) in [6, 6.07) is 1.49. The van der Waals surface area contributed by atoms with Crippen molar-refractivity contribution in [2.45, 2.75) is 13.0 Å². The van der Waals surface area contributed by atoms with Crippen LogP contribution in [-0.2, 0) is 7.05 Å². The van der Waals surface area contributed by atoms with Gasteiger partial charge in [0.1, 0.15) is 5.76 Å². The summed E-state index contributed by atoms with van der Waals surface area (Å²) in [5.74, 6) is 1.31. The number of nitrogens with two attached hydrogens (primary N) is 1. The highest BCUT2D eigenvalue weighted by molar-refractivity contribution is 5.21. The van der Waals surface area contributed by atoms with Crippen LogP contribution in [0.15, 0.2) is 16.7 Å². The van der Waals surface area contributed by atoms with Gasteiger partial charge in [0.2, 0.25) is 0 Å². The van der Waals surface area contributed by atoms with Crippen LogP contribution in [0.25, 0.3) is 0 Å². The number of tetrazole rings is 1.